The zero-order valence-electron chi connectivity index (χ0n) is 9.76. The number of halogens is 2. The van der Waals surface area contributed by atoms with Crippen molar-refractivity contribution in [3.63, 3.8) is 0 Å². The van der Waals surface area contributed by atoms with Gasteiger partial charge in [0.05, 0.1) is 5.02 Å². The average molecular weight is 296 g/mol. The number of nitrogens with one attached hydrogen (secondary N) is 1. The predicted molar refractivity (Wildman–Crippen MR) is 71.3 cm³/mol. The van der Waals surface area contributed by atoms with E-state index in [1.807, 2.05) is 6.92 Å². The Balaban J connectivity index is 3.03. The summed E-state index contributed by atoms with van der Waals surface area (Å²) in [6.45, 7) is 4.15. The Morgan fingerprint density at radius 2 is 1.88 bits per heavy atom. The van der Waals surface area contributed by atoms with Crippen LogP contribution in [0.25, 0.3) is 0 Å². The molecule has 1 N–H and O–H groups in total. The van der Waals surface area contributed by atoms with Crippen LogP contribution >= 0.6 is 23.2 Å². The molecule has 0 radical (unpaired) electrons. The molecule has 0 heterocycles. The first-order valence-corrected chi connectivity index (χ1v) is 7.57. The quantitative estimate of drug-likeness (QED) is 0.847. The van der Waals surface area contributed by atoms with Gasteiger partial charge in [-0.1, -0.05) is 36.5 Å². The first-order valence-electron chi connectivity index (χ1n) is 5.33. The third-order valence-corrected chi connectivity index (χ3v) is 4.66. The van der Waals surface area contributed by atoms with E-state index in [2.05, 4.69) is 4.72 Å². The van der Waals surface area contributed by atoms with Crippen molar-refractivity contribution >= 4 is 33.2 Å². The highest BCUT2D eigenvalue weighted by Crippen LogP contribution is 2.27. The third kappa shape index (κ3) is 3.85. The maximum absolute atomic E-state index is 12.0. The summed E-state index contributed by atoms with van der Waals surface area (Å²) >= 11 is 11.8. The van der Waals surface area contributed by atoms with Crippen LogP contribution in [0.1, 0.15) is 25.3 Å². The molecule has 0 aliphatic heterocycles. The highest BCUT2D eigenvalue weighted by Gasteiger charge is 2.18. The summed E-state index contributed by atoms with van der Waals surface area (Å²) in [6, 6.07) is 2.94. The molecule has 0 unspecified atom stereocenters. The van der Waals surface area contributed by atoms with E-state index in [1.165, 1.54) is 12.1 Å². The van der Waals surface area contributed by atoms with Gasteiger partial charge < -0.3 is 0 Å². The molecule has 0 fully saturated rings. The molecule has 0 spiro atoms. The van der Waals surface area contributed by atoms with E-state index >= 15 is 0 Å². The number of aryl methyl sites for hydroxylation is 1. The van der Waals surface area contributed by atoms with Gasteiger partial charge in [-0.25, -0.2) is 13.1 Å². The Kier molecular flexibility index (Phi) is 5.25. The van der Waals surface area contributed by atoms with E-state index in [4.69, 9.17) is 23.2 Å². The van der Waals surface area contributed by atoms with Crippen LogP contribution in [0.5, 0.6) is 0 Å². The van der Waals surface area contributed by atoms with Crippen molar-refractivity contribution < 1.29 is 8.42 Å². The summed E-state index contributed by atoms with van der Waals surface area (Å²) < 4.78 is 26.4. The minimum absolute atomic E-state index is 0.0807. The maximum Gasteiger partial charge on any atom is 0.242 e. The Bertz CT molecular complexity index is 500. The predicted octanol–water partition coefficient (Wildman–Crippen LogP) is 3.38. The van der Waals surface area contributed by atoms with Crippen LogP contribution in [0, 0.1) is 6.92 Å². The van der Waals surface area contributed by atoms with Crippen LogP contribution in [-0.2, 0) is 10.0 Å². The number of hydrogen-bond donors (Lipinski definition) is 1. The highest BCUT2D eigenvalue weighted by atomic mass is 35.5. The van der Waals surface area contributed by atoms with Crippen molar-refractivity contribution in [2.45, 2.75) is 31.6 Å². The standard InChI is InChI=1S/C11H15Cl2NO2S/c1-3-4-5-14-17(15,16)11-6-8(2)9(12)7-10(11)13/h6-7,14H,3-5H2,1-2H3. The van der Waals surface area contributed by atoms with Crippen LogP contribution < -0.4 is 4.72 Å². The highest BCUT2D eigenvalue weighted by molar-refractivity contribution is 7.89. The van der Waals surface area contributed by atoms with Crippen molar-refractivity contribution in [2.75, 3.05) is 6.54 Å². The molecule has 0 aliphatic carbocycles. The van der Waals surface area contributed by atoms with E-state index in [0.717, 1.165) is 12.8 Å². The molecule has 0 amide bonds. The van der Waals surface area contributed by atoms with Crippen LogP contribution in [0.3, 0.4) is 0 Å². The molecule has 0 aliphatic rings. The Labute approximate surface area is 112 Å². The van der Waals surface area contributed by atoms with Crippen LogP contribution in [0.4, 0.5) is 0 Å². The molecule has 0 saturated carbocycles. The normalized spacial score (nSPS) is 11.8. The van der Waals surface area contributed by atoms with E-state index < -0.39 is 10.0 Å². The minimum atomic E-state index is -3.54. The molecule has 96 valence electrons. The molecule has 0 saturated heterocycles. The number of rotatable bonds is 5. The molecule has 17 heavy (non-hydrogen) atoms. The van der Waals surface area contributed by atoms with Gasteiger partial charge in [-0.15, -0.1) is 0 Å². The Morgan fingerprint density at radius 1 is 1.24 bits per heavy atom. The lowest BCUT2D eigenvalue weighted by atomic mass is 10.2. The zero-order chi connectivity index (χ0) is 13.1. The van der Waals surface area contributed by atoms with Crippen molar-refractivity contribution in [1.82, 2.24) is 4.72 Å². The van der Waals surface area contributed by atoms with E-state index in [-0.39, 0.29) is 9.92 Å². The fraction of sp³-hybridized carbons (Fsp3) is 0.455. The monoisotopic (exact) mass is 295 g/mol. The molecule has 6 heteroatoms. The first-order chi connectivity index (χ1) is 7.88. The van der Waals surface area contributed by atoms with E-state index in [9.17, 15) is 8.42 Å². The zero-order valence-corrected chi connectivity index (χ0v) is 12.1. The SMILES string of the molecule is CCCCNS(=O)(=O)c1cc(C)c(Cl)cc1Cl. The smallest absolute Gasteiger partial charge is 0.211 e. The van der Waals surface area contributed by atoms with Gasteiger partial charge in [0.1, 0.15) is 4.90 Å². The van der Waals surface area contributed by atoms with E-state index in [1.54, 1.807) is 6.92 Å². The minimum Gasteiger partial charge on any atom is -0.211 e. The molecule has 0 atom stereocenters. The lowest BCUT2D eigenvalue weighted by Crippen LogP contribution is -2.25. The van der Waals surface area contributed by atoms with Crippen LogP contribution in [0.2, 0.25) is 10.0 Å². The van der Waals surface area contributed by atoms with Crippen molar-refractivity contribution in [3.05, 3.63) is 27.7 Å². The second kappa shape index (κ2) is 6.05. The Hall–Kier alpha value is -0.290. The lowest BCUT2D eigenvalue weighted by molar-refractivity contribution is 0.578. The molecule has 0 aromatic heterocycles. The van der Waals surface area contributed by atoms with E-state index in [0.29, 0.717) is 17.1 Å². The fourth-order valence-electron chi connectivity index (χ4n) is 1.30. The lowest BCUT2D eigenvalue weighted by Gasteiger charge is -2.09. The molecule has 0 bridgehead atoms. The van der Waals surface area contributed by atoms with Crippen molar-refractivity contribution in [3.8, 4) is 0 Å². The third-order valence-electron chi connectivity index (χ3n) is 2.33. The fourth-order valence-corrected chi connectivity index (χ4v) is 3.20. The first kappa shape index (κ1) is 14.8. The summed E-state index contributed by atoms with van der Waals surface area (Å²) in [5.74, 6) is 0. The second-order valence-electron chi connectivity index (χ2n) is 3.78. The van der Waals surface area contributed by atoms with Crippen LogP contribution in [0.15, 0.2) is 17.0 Å². The molecule has 1 aromatic carbocycles. The van der Waals surface area contributed by atoms with Gasteiger partial charge in [-0.2, -0.15) is 0 Å². The summed E-state index contributed by atoms with van der Waals surface area (Å²) in [6.07, 6.45) is 1.72. The number of hydrogen-bond acceptors (Lipinski definition) is 2. The molecular weight excluding hydrogens is 281 g/mol. The van der Waals surface area contributed by atoms with Gasteiger partial charge in [-0.05, 0) is 31.0 Å². The van der Waals surface area contributed by atoms with Gasteiger partial charge in [0.15, 0.2) is 0 Å². The van der Waals surface area contributed by atoms with Gasteiger partial charge >= 0.3 is 0 Å². The van der Waals surface area contributed by atoms with Gasteiger partial charge in [0, 0.05) is 11.6 Å². The number of sulfonamides is 1. The summed E-state index contributed by atoms with van der Waals surface area (Å²) in [5.41, 5.74) is 0.687. The van der Waals surface area contributed by atoms with Gasteiger partial charge in [0.2, 0.25) is 10.0 Å². The second-order valence-corrected chi connectivity index (χ2v) is 6.33. The summed E-state index contributed by atoms with van der Waals surface area (Å²) in [4.78, 5) is 0.0807. The molecule has 1 rings (SSSR count). The van der Waals surface area contributed by atoms with Crippen LogP contribution in [-0.4, -0.2) is 15.0 Å². The molecular formula is C11H15Cl2NO2S. The maximum atomic E-state index is 12.0. The Morgan fingerprint density at radius 3 is 2.47 bits per heavy atom. The topological polar surface area (TPSA) is 46.2 Å². The van der Waals surface area contributed by atoms with Crippen molar-refractivity contribution in [2.24, 2.45) is 0 Å². The number of benzene rings is 1. The summed E-state index contributed by atoms with van der Waals surface area (Å²) in [7, 11) is -3.54. The average Bonchev–Trinajstić information content (AvgIpc) is 2.23. The molecule has 3 nitrogen and oxygen atoms in total. The van der Waals surface area contributed by atoms with Crippen molar-refractivity contribution in [1.29, 1.82) is 0 Å². The van der Waals surface area contributed by atoms with Gasteiger partial charge in [0.25, 0.3) is 0 Å². The largest absolute Gasteiger partial charge is 0.242 e. The molecule has 1 aromatic rings. The van der Waals surface area contributed by atoms with Gasteiger partial charge in [-0.3, -0.25) is 0 Å². The summed E-state index contributed by atoms with van der Waals surface area (Å²) in [5, 5.41) is 0.604. The number of unbranched alkanes of at least 4 members (excludes halogenated alkanes) is 1.